The molecule has 0 aliphatic rings. The molecule has 0 bridgehead atoms. The number of aliphatic hydroxyl groups excluding tert-OH is 1. The molecule has 1 radical (unpaired) electrons. The summed E-state index contributed by atoms with van der Waals surface area (Å²) in [6.07, 6.45) is 2.27. The molecule has 1 aromatic heterocycles. The Kier molecular flexibility index (Phi) is 5.53. The molecule has 0 aliphatic heterocycles. The van der Waals surface area contributed by atoms with Crippen LogP contribution in [0.4, 0.5) is 0 Å². The number of amides is 1. The normalized spacial score (nSPS) is 12.1. The van der Waals surface area contributed by atoms with Gasteiger partial charge in [-0.2, -0.15) is 0 Å². The number of nitrogens with one attached hydrogen (secondary N) is 2. The predicted octanol–water partition coefficient (Wildman–Crippen LogP) is -0.257. The van der Waals surface area contributed by atoms with Gasteiger partial charge in [0.15, 0.2) is 5.96 Å². The number of carbonyl (C=O) groups excluding carboxylic acids is 1. The average Bonchev–Trinajstić information content (AvgIpc) is 2.77. The molecule has 1 unspecified atom stereocenters. The molecule has 0 aliphatic carbocycles. The van der Waals surface area contributed by atoms with Crippen LogP contribution in [0.5, 0.6) is 0 Å². The molecular formula is C10H16N5O2S. The Hall–Kier alpha value is -1.67. The molecule has 0 saturated carbocycles. The van der Waals surface area contributed by atoms with Crippen molar-refractivity contribution < 1.29 is 9.90 Å². The van der Waals surface area contributed by atoms with E-state index in [-0.39, 0.29) is 11.7 Å². The van der Waals surface area contributed by atoms with E-state index in [1.807, 2.05) is 0 Å². The van der Waals surface area contributed by atoms with Crippen LogP contribution >= 0.6 is 11.3 Å². The molecule has 7 N–H and O–H groups in total. The fourth-order valence-corrected chi connectivity index (χ4v) is 2.03. The fourth-order valence-electron chi connectivity index (χ4n) is 1.24. The van der Waals surface area contributed by atoms with Crippen LogP contribution in [0.1, 0.15) is 34.4 Å². The Morgan fingerprint density at radius 1 is 1.67 bits per heavy atom. The van der Waals surface area contributed by atoms with Crippen LogP contribution in [-0.2, 0) is 0 Å². The molecule has 1 rings (SSSR count). The van der Waals surface area contributed by atoms with Gasteiger partial charge in [-0.15, -0.1) is 11.3 Å². The maximum atomic E-state index is 10.8. The van der Waals surface area contributed by atoms with Gasteiger partial charge in [-0.3, -0.25) is 10.2 Å². The molecule has 7 nitrogen and oxygen atoms in total. The van der Waals surface area contributed by atoms with E-state index in [0.717, 1.165) is 6.42 Å². The fraction of sp³-hybridized carbons (Fsp3) is 0.400. The van der Waals surface area contributed by atoms with Crippen LogP contribution in [0.25, 0.3) is 0 Å². The number of hydrogen-bond donors (Lipinski definition) is 5. The Balaban J connectivity index is 2.29. The minimum atomic E-state index is -0.805. The first kappa shape index (κ1) is 14.4. The number of nitrogens with two attached hydrogens (primary N) is 2. The largest absolute Gasteiger partial charge is 0.386 e. The molecule has 1 amide bonds. The van der Waals surface area contributed by atoms with E-state index >= 15 is 0 Å². The van der Waals surface area contributed by atoms with Crippen LogP contribution in [0.3, 0.4) is 0 Å². The van der Waals surface area contributed by atoms with Crippen molar-refractivity contribution in [2.75, 3.05) is 6.54 Å². The number of primary amides is 1. The second-order valence-electron chi connectivity index (χ2n) is 3.60. The third kappa shape index (κ3) is 4.68. The molecule has 1 heterocycles. The zero-order valence-corrected chi connectivity index (χ0v) is 10.5. The Morgan fingerprint density at radius 3 is 2.94 bits per heavy atom. The predicted molar refractivity (Wildman–Crippen MR) is 69.0 cm³/mol. The minimum absolute atomic E-state index is 0.0680. The number of aliphatic hydroxyl groups is 1. The summed E-state index contributed by atoms with van der Waals surface area (Å²) in [6, 6.07) is 0. The van der Waals surface area contributed by atoms with Gasteiger partial charge in [0.1, 0.15) is 16.8 Å². The quantitative estimate of drug-likeness (QED) is 0.264. The van der Waals surface area contributed by atoms with E-state index in [4.69, 9.17) is 16.9 Å². The molecule has 99 valence electrons. The van der Waals surface area contributed by atoms with Gasteiger partial charge in [-0.1, -0.05) is 0 Å². The van der Waals surface area contributed by atoms with Crippen LogP contribution in [0.2, 0.25) is 0 Å². The van der Waals surface area contributed by atoms with E-state index in [1.165, 1.54) is 16.7 Å². The van der Waals surface area contributed by atoms with Crippen molar-refractivity contribution in [1.29, 1.82) is 5.41 Å². The molecular weight excluding hydrogens is 254 g/mol. The summed E-state index contributed by atoms with van der Waals surface area (Å²) in [5.74, 6) is -0.670. The molecule has 1 aromatic rings. The van der Waals surface area contributed by atoms with Gasteiger partial charge >= 0.3 is 0 Å². The Bertz CT molecular complexity index is 420. The summed E-state index contributed by atoms with van der Waals surface area (Å²) in [7, 11) is 0. The number of hydrogen-bond acceptors (Lipinski definition) is 5. The standard InChI is InChI=1S/C10H16N5O2S/c11-8(17)6-5-18-9(15-6)7(16)3-1-2-4-14-10(12)13/h3,5,7,16H,1-2,4H2,(H2,11,17)(H4,12,13,14). The highest BCUT2D eigenvalue weighted by Crippen LogP contribution is 2.21. The number of nitrogens with zero attached hydrogens (tertiary/aromatic N) is 1. The molecule has 0 saturated heterocycles. The Labute approximate surface area is 109 Å². The number of carbonyl (C=O) groups is 1. The summed E-state index contributed by atoms with van der Waals surface area (Å²) >= 11 is 1.19. The van der Waals surface area contributed by atoms with E-state index in [1.54, 1.807) is 6.42 Å². The number of unbranched alkanes of at least 4 members (excludes halogenated alkanes) is 1. The van der Waals surface area contributed by atoms with Crippen molar-refractivity contribution in [1.82, 2.24) is 10.3 Å². The van der Waals surface area contributed by atoms with Crippen molar-refractivity contribution >= 4 is 23.2 Å². The molecule has 0 spiro atoms. The van der Waals surface area contributed by atoms with E-state index in [0.29, 0.717) is 18.0 Å². The zero-order chi connectivity index (χ0) is 13.5. The molecule has 1 atom stereocenters. The lowest BCUT2D eigenvalue weighted by Gasteiger charge is -2.07. The number of thiazole rings is 1. The van der Waals surface area contributed by atoms with Crippen LogP contribution in [-0.4, -0.2) is 28.5 Å². The van der Waals surface area contributed by atoms with E-state index in [2.05, 4.69) is 10.3 Å². The van der Waals surface area contributed by atoms with Gasteiger partial charge in [0.2, 0.25) is 0 Å². The zero-order valence-electron chi connectivity index (χ0n) is 9.72. The van der Waals surface area contributed by atoms with Crippen LogP contribution < -0.4 is 16.8 Å². The monoisotopic (exact) mass is 270 g/mol. The van der Waals surface area contributed by atoms with Crippen molar-refractivity contribution in [2.45, 2.75) is 18.9 Å². The first-order valence-corrected chi connectivity index (χ1v) is 6.23. The first-order chi connectivity index (χ1) is 8.50. The summed E-state index contributed by atoms with van der Waals surface area (Å²) in [4.78, 5) is 14.8. The van der Waals surface area contributed by atoms with Crippen LogP contribution in [0, 0.1) is 11.8 Å². The minimum Gasteiger partial charge on any atom is -0.386 e. The molecule has 8 heteroatoms. The highest BCUT2D eigenvalue weighted by molar-refractivity contribution is 7.09. The molecule has 18 heavy (non-hydrogen) atoms. The van der Waals surface area contributed by atoms with E-state index in [9.17, 15) is 9.90 Å². The SMILES string of the molecule is N=C(N)NCCC[CH]C(O)c1nc(C(N)=O)cs1. The van der Waals surface area contributed by atoms with Crippen molar-refractivity contribution in [3.63, 3.8) is 0 Å². The Morgan fingerprint density at radius 2 is 2.39 bits per heavy atom. The maximum Gasteiger partial charge on any atom is 0.268 e. The number of guanidine groups is 1. The van der Waals surface area contributed by atoms with Gasteiger partial charge in [0.25, 0.3) is 5.91 Å². The second kappa shape index (κ2) is 6.92. The second-order valence-corrected chi connectivity index (χ2v) is 4.49. The maximum absolute atomic E-state index is 10.8. The van der Waals surface area contributed by atoms with Crippen molar-refractivity contribution in [3.05, 3.63) is 22.5 Å². The van der Waals surface area contributed by atoms with Gasteiger partial charge in [0.05, 0.1) is 0 Å². The van der Waals surface area contributed by atoms with E-state index < -0.39 is 12.0 Å². The smallest absolute Gasteiger partial charge is 0.268 e. The molecule has 0 fully saturated rings. The highest BCUT2D eigenvalue weighted by atomic mass is 32.1. The summed E-state index contributed by atoms with van der Waals surface area (Å²) in [5.41, 5.74) is 10.4. The van der Waals surface area contributed by atoms with Gasteiger partial charge in [0, 0.05) is 11.9 Å². The summed E-state index contributed by atoms with van der Waals surface area (Å²) < 4.78 is 0. The highest BCUT2D eigenvalue weighted by Gasteiger charge is 2.14. The average molecular weight is 270 g/mol. The van der Waals surface area contributed by atoms with Crippen molar-refractivity contribution in [3.8, 4) is 0 Å². The van der Waals surface area contributed by atoms with Crippen molar-refractivity contribution in [2.24, 2.45) is 11.5 Å². The third-order valence-electron chi connectivity index (χ3n) is 2.11. The van der Waals surface area contributed by atoms with Crippen LogP contribution in [0.15, 0.2) is 5.38 Å². The summed E-state index contributed by atoms with van der Waals surface area (Å²) in [6.45, 7) is 0.572. The van der Waals surface area contributed by atoms with Gasteiger partial charge in [-0.25, -0.2) is 4.98 Å². The topological polar surface area (TPSA) is 138 Å². The lowest BCUT2D eigenvalue weighted by Crippen LogP contribution is -2.30. The lowest BCUT2D eigenvalue weighted by molar-refractivity contribution is 0.0995. The molecule has 0 aromatic carbocycles. The number of aromatic nitrogens is 1. The first-order valence-electron chi connectivity index (χ1n) is 5.35. The lowest BCUT2D eigenvalue weighted by atomic mass is 10.1. The summed E-state index contributed by atoms with van der Waals surface area (Å²) in [5, 5.41) is 21.4. The van der Waals surface area contributed by atoms with Gasteiger partial charge < -0.3 is 21.9 Å². The third-order valence-corrected chi connectivity index (χ3v) is 3.03. The van der Waals surface area contributed by atoms with Gasteiger partial charge in [-0.05, 0) is 19.3 Å². The number of rotatable bonds is 7.